The van der Waals surface area contributed by atoms with Crippen molar-refractivity contribution < 1.29 is 4.74 Å². The van der Waals surface area contributed by atoms with E-state index in [2.05, 4.69) is 34.0 Å². The highest BCUT2D eigenvalue weighted by atomic mass is 16.5. The molecule has 5 heteroatoms. The molecule has 2 rings (SSSR count). The maximum atomic E-state index is 5.24. The van der Waals surface area contributed by atoms with Gasteiger partial charge in [0.05, 0.1) is 7.11 Å². The first-order chi connectivity index (χ1) is 10.1. The van der Waals surface area contributed by atoms with Crippen LogP contribution in [-0.4, -0.2) is 43.3 Å². The number of piperidine rings is 1. The van der Waals surface area contributed by atoms with Crippen LogP contribution in [0.4, 0.5) is 5.95 Å². The van der Waals surface area contributed by atoms with Crippen molar-refractivity contribution in [2.24, 2.45) is 11.8 Å². The van der Waals surface area contributed by atoms with Crippen LogP contribution in [0.3, 0.4) is 0 Å². The molecule has 1 N–H and O–H groups in total. The highest BCUT2D eigenvalue weighted by Crippen LogP contribution is 2.22. The van der Waals surface area contributed by atoms with Crippen molar-refractivity contribution >= 4 is 5.95 Å². The van der Waals surface area contributed by atoms with Gasteiger partial charge in [-0.15, -0.1) is 0 Å². The Bertz CT molecular complexity index is 442. The number of ether oxygens (including phenoxy) is 1. The topological polar surface area (TPSA) is 50.3 Å². The number of nitrogens with zero attached hydrogens (tertiary/aromatic N) is 3. The Labute approximate surface area is 128 Å². The molecule has 1 aromatic rings. The van der Waals surface area contributed by atoms with Gasteiger partial charge in [0, 0.05) is 24.8 Å². The van der Waals surface area contributed by atoms with Gasteiger partial charge in [0.25, 0.3) is 0 Å². The molecule has 21 heavy (non-hydrogen) atoms. The minimum absolute atomic E-state index is 0.651. The highest BCUT2D eigenvalue weighted by Gasteiger charge is 2.21. The van der Waals surface area contributed by atoms with E-state index in [1.54, 1.807) is 7.11 Å². The molecule has 0 aromatic carbocycles. The van der Waals surface area contributed by atoms with Crippen LogP contribution in [0.15, 0.2) is 6.07 Å². The summed E-state index contributed by atoms with van der Waals surface area (Å²) in [5, 5.41) is 3.57. The summed E-state index contributed by atoms with van der Waals surface area (Å²) in [6, 6.07) is 1.87. The third-order valence-corrected chi connectivity index (χ3v) is 3.91. The minimum Gasteiger partial charge on any atom is -0.481 e. The largest absolute Gasteiger partial charge is 0.481 e. The summed E-state index contributed by atoms with van der Waals surface area (Å²) in [6.07, 6.45) is 2.40. The van der Waals surface area contributed by atoms with Crippen molar-refractivity contribution in [2.75, 3.05) is 38.2 Å². The second-order valence-electron chi connectivity index (χ2n) is 6.33. The molecule has 1 aliphatic rings. The first-order valence-corrected chi connectivity index (χ1v) is 7.94. The molecule has 0 unspecified atom stereocenters. The van der Waals surface area contributed by atoms with E-state index >= 15 is 0 Å². The van der Waals surface area contributed by atoms with E-state index in [0.29, 0.717) is 5.88 Å². The van der Waals surface area contributed by atoms with E-state index in [-0.39, 0.29) is 0 Å². The molecule has 0 spiro atoms. The Hall–Kier alpha value is -1.36. The van der Waals surface area contributed by atoms with Gasteiger partial charge < -0.3 is 15.0 Å². The van der Waals surface area contributed by atoms with Gasteiger partial charge in [-0.25, -0.2) is 4.98 Å². The normalized spacial score (nSPS) is 16.5. The van der Waals surface area contributed by atoms with Crippen LogP contribution in [0, 0.1) is 18.8 Å². The summed E-state index contributed by atoms with van der Waals surface area (Å²) in [5.74, 6) is 2.95. The summed E-state index contributed by atoms with van der Waals surface area (Å²) in [6.45, 7) is 10.8. The average molecular weight is 292 g/mol. The molecule has 1 aliphatic heterocycles. The second kappa shape index (κ2) is 7.59. The van der Waals surface area contributed by atoms with Gasteiger partial charge >= 0.3 is 0 Å². The Morgan fingerprint density at radius 1 is 1.33 bits per heavy atom. The quantitative estimate of drug-likeness (QED) is 0.871. The van der Waals surface area contributed by atoms with Gasteiger partial charge in [-0.1, -0.05) is 13.8 Å². The molecule has 5 nitrogen and oxygen atoms in total. The smallest absolute Gasteiger partial charge is 0.228 e. The number of rotatable bonds is 6. The van der Waals surface area contributed by atoms with Gasteiger partial charge in [-0.3, -0.25) is 0 Å². The van der Waals surface area contributed by atoms with E-state index in [9.17, 15) is 0 Å². The fourth-order valence-electron chi connectivity index (χ4n) is 2.68. The first-order valence-electron chi connectivity index (χ1n) is 7.94. The molecular formula is C16H28N4O. The molecule has 0 aliphatic carbocycles. The van der Waals surface area contributed by atoms with Crippen LogP contribution >= 0.6 is 0 Å². The van der Waals surface area contributed by atoms with Gasteiger partial charge in [0.1, 0.15) is 0 Å². The summed E-state index contributed by atoms with van der Waals surface area (Å²) in [5.41, 5.74) is 0.956. The van der Waals surface area contributed by atoms with Crippen molar-refractivity contribution in [3.8, 4) is 5.88 Å². The fraction of sp³-hybridized carbons (Fsp3) is 0.750. The maximum absolute atomic E-state index is 5.24. The lowest BCUT2D eigenvalue weighted by molar-refractivity contribution is 0.368. The molecule has 0 amide bonds. The number of hydrogen-bond donors (Lipinski definition) is 1. The zero-order valence-corrected chi connectivity index (χ0v) is 13.7. The number of aromatic nitrogens is 2. The van der Waals surface area contributed by atoms with Gasteiger partial charge in [-0.05, 0) is 44.7 Å². The fourth-order valence-corrected chi connectivity index (χ4v) is 2.68. The summed E-state index contributed by atoms with van der Waals surface area (Å²) in [4.78, 5) is 11.3. The Morgan fingerprint density at radius 3 is 2.67 bits per heavy atom. The van der Waals surface area contributed by atoms with Crippen molar-refractivity contribution in [1.29, 1.82) is 0 Å². The number of nitrogens with one attached hydrogen (secondary N) is 1. The zero-order chi connectivity index (χ0) is 15.2. The van der Waals surface area contributed by atoms with E-state index in [4.69, 9.17) is 4.74 Å². The lowest BCUT2D eigenvalue weighted by Crippen LogP contribution is -2.38. The van der Waals surface area contributed by atoms with E-state index in [1.165, 1.54) is 12.8 Å². The van der Waals surface area contributed by atoms with E-state index in [1.807, 2.05) is 13.0 Å². The SMILES string of the molecule is COc1cc(C)nc(N2CCC(CNCC(C)C)CC2)n1. The molecule has 0 atom stereocenters. The van der Waals surface area contributed by atoms with Crippen molar-refractivity contribution in [2.45, 2.75) is 33.6 Å². The molecule has 0 saturated carbocycles. The standard InChI is InChI=1S/C16H28N4O/c1-12(2)10-17-11-14-5-7-20(8-6-14)16-18-13(3)9-15(19-16)21-4/h9,12,14,17H,5-8,10-11H2,1-4H3. The van der Waals surface area contributed by atoms with E-state index < -0.39 is 0 Å². The van der Waals surface area contributed by atoms with Crippen LogP contribution in [0.1, 0.15) is 32.4 Å². The Kier molecular flexibility index (Phi) is 5.79. The monoisotopic (exact) mass is 292 g/mol. The predicted octanol–water partition coefficient (Wildman–Crippen LogP) is 2.26. The van der Waals surface area contributed by atoms with Crippen molar-refractivity contribution in [3.63, 3.8) is 0 Å². The van der Waals surface area contributed by atoms with E-state index in [0.717, 1.165) is 49.7 Å². The van der Waals surface area contributed by atoms with Crippen LogP contribution in [0.2, 0.25) is 0 Å². The molecule has 118 valence electrons. The number of hydrogen-bond acceptors (Lipinski definition) is 5. The second-order valence-corrected chi connectivity index (χ2v) is 6.33. The molecule has 1 fully saturated rings. The van der Waals surface area contributed by atoms with Crippen molar-refractivity contribution in [3.05, 3.63) is 11.8 Å². The molecule has 1 saturated heterocycles. The molecule has 2 heterocycles. The predicted molar refractivity (Wildman–Crippen MR) is 86.0 cm³/mol. The highest BCUT2D eigenvalue weighted by molar-refractivity contribution is 5.34. The number of aryl methyl sites for hydroxylation is 1. The summed E-state index contributed by atoms with van der Waals surface area (Å²) in [7, 11) is 1.65. The van der Waals surface area contributed by atoms with Crippen LogP contribution in [-0.2, 0) is 0 Å². The lowest BCUT2D eigenvalue weighted by Gasteiger charge is -2.32. The van der Waals surface area contributed by atoms with Gasteiger partial charge in [-0.2, -0.15) is 4.98 Å². The maximum Gasteiger partial charge on any atom is 0.228 e. The molecule has 1 aromatic heterocycles. The number of methoxy groups -OCH3 is 1. The third-order valence-electron chi connectivity index (χ3n) is 3.91. The molecule has 0 bridgehead atoms. The van der Waals surface area contributed by atoms with Crippen LogP contribution in [0.25, 0.3) is 0 Å². The Balaban J connectivity index is 1.84. The lowest BCUT2D eigenvalue weighted by atomic mass is 9.97. The van der Waals surface area contributed by atoms with Crippen molar-refractivity contribution in [1.82, 2.24) is 15.3 Å². The van der Waals surface area contributed by atoms with Crippen LogP contribution < -0.4 is 15.0 Å². The summed E-state index contributed by atoms with van der Waals surface area (Å²) < 4.78 is 5.24. The minimum atomic E-state index is 0.651. The average Bonchev–Trinajstić information content (AvgIpc) is 2.47. The molecule has 0 radical (unpaired) electrons. The molecular weight excluding hydrogens is 264 g/mol. The zero-order valence-electron chi connectivity index (χ0n) is 13.7. The first kappa shape index (κ1) is 16.0. The number of anilines is 1. The summed E-state index contributed by atoms with van der Waals surface area (Å²) >= 11 is 0. The van der Waals surface area contributed by atoms with Gasteiger partial charge in [0.15, 0.2) is 0 Å². The van der Waals surface area contributed by atoms with Crippen LogP contribution in [0.5, 0.6) is 5.88 Å². The third kappa shape index (κ3) is 4.84. The van der Waals surface area contributed by atoms with Gasteiger partial charge in [0.2, 0.25) is 11.8 Å². The Morgan fingerprint density at radius 2 is 2.05 bits per heavy atom.